The first-order valence-corrected chi connectivity index (χ1v) is 10.4. The summed E-state index contributed by atoms with van der Waals surface area (Å²) in [6.07, 6.45) is 0. The summed E-state index contributed by atoms with van der Waals surface area (Å²) in [5.74, 6) is 0.712. The normalized spacial score (nSPS) is 10.8. The van der Waals surface area contributed by atoms with Crippen LogP contribution < -0.4 is 10.1 Å². The highest BCUT2D eigenvalue weighted by Crippen LogP contribution is 2.31. The zero-order chi connectivity index (χ0) is 22.0. The first-order chi connectivity index (χ1) is 14.9. The Morgan fingerprint density at radius 2 is 1.77 bits per heavy atom. The molecule has 0 bridgehead atoms. The molecule has 0 unspecified atom stereocenters. The number of hydrogen-bond acceptors (Lipinski definition) is 3. The number of carbonyl (C=O) groups excluding carboxylic acids is 1. The average Bonchev–Trinajstić information content (AvgIpc) is 2.73. The number of aryl methyl sites for hydroxylation is 2. The lowest BCUT2D eigenvalue weighted by Gasteiger charge is -2.17. The fourth-order valence-corrected chi connectivity index (χ4v) is 3.88. The summed E-state index contributed by atoms with van der Waals surface area (Å²) < 4.78 is 6.27. The van der Waals surface area contributed by atoms with Crippen LogP contribution in [0.4, 0.5) is 5.69 Å². The van der Waals surface area contributed by atoms with Gasteiger partial charge in [-0.25, -0.2) is 4.98 Å². The smallest absolute Gasteiger partial charge is 0.221 e. The number of rotatable bonds is 5. The van der Waals surface area contributed by atoms with E-state index in [9.17, 15) is 4.79 Å². The Balaban J connectivity index is 1.66. The summed E-state index contributed by atoms with van der Waals surface area (Å²) in [5, 5.41) is 3.93. The summed E-state index contributed by atoms with van der Waals surface area (Å²) in [7, 11) is 0. The van der Waals surface area contributed by atoms with Gasteiger partial charge >= 0.3 is 0 Å². The molecule has 4 heteroatoms. The minimum atomic E-state index is -0.0780. The maximum Gasteiger partial charge on any atom is 0.221 e. The Morgan fingerprint density at radius 3 is 2.58 bits per heavy atom. The predicted octanol–water partition coefficient (Wildman–Crippen LogP) is 6.36. The van der Waals surface area contributed by atoms with E-state index < -0.39 is 0 Å². The summed E-state index contributed by atoms with van der Waals surface area (Å²) in [5.41, 5.74) is 8.35. The van der Waals surface area contributed by atoms with Crippen LogP contribution >= 0.6 is 0 Å². The van der Waals surface area contributed by atoms with Crippen molar-refractivity contribution in [2.45, 2.75) is 34.3 Å². The molecule has 156 valence electrons. The average molecular weight is 411 g/mol. The van der Waals surface area contributed by atoms with Gasteiger partial charge in [0.1, 0.15) is 17.9 Å². The van der Waals surface area contributed by atoms with E-state index in [1.165, 1.54) is 18.1 Å². The molecule has 1 N–H and O–H groups in total. The molecule has 31 heavy (non-hydrogen) atoms. The van der Waals surface area contributed by atoms with Crippen LogP contribution in [0.5, 0.6) is 5.75 Å². The molecular formula is C27H26N2O2. The highest BCUT2D eigenvalue weighted by Gasteiger charge is 2.12. The van der Waals surface area contributed by atoms with E-state index in [0.29, 0.717) is 6.61 Å². The number of amides is 1. The van der Waals surface area contributed by atoms with Crippen LogP contribution in [-0.2, 0) is 11.4 Å². The van der Waals surface area contributed by atoms with Gasteiger partial charge in [-0.15, -0.1) is 0 Å². The zero-order valence-corrected chi connectivity index (χ0v) is 18.3. The molecule has 0 aliphatic carbocycles. The molecule has 0 fully saturated rings. The Hall–Kier alpha value is -3.66. The van der Waals surface area contributed by atoms with Crippen molar-refractivity contribution in [2.75, 3.05) is 5.32 Å². The molecule has 0 saturated carbocycles. The number of anilines is 1. The van der Waals surface area contributed by atoms with Gasteiger partial charge < -0.3 is 10.1 Å². The van der Waals surface area contributed by atoms with Crippen molar-refractivity contribution in [1.82, 2.24) is 4.98 Å². The Bertz CT molecular complexity index is 1280. The molecule has 1 heterocycles. The second-order valence-corrected chi connectivity index (χ2v) is 7.86. The van der Waals surface area contributed by atoms with Crippen LogP contribution in [-0.4, -0.2) is 10.9 Å². The zero-order valence-electron chi connectivity index (χ0n) is 18.3. The lowest BCUT2D eigenvalue weighted by molar-refractivity contribution is -0.114. The van der Waals surface area contributed by atoms with Crippen LogP contribution in [0, 0.1) is 20.8 Å². The molecule has 4 aromatic rings. The van der Waals surface area contributed by atoms with E-state index in [1.807, 2.05) is 49.4 Å². The molecule has 3 aromatic carbocycles. The number of aromatic nitrogens is 1. The fourth-order valence-electron chi connectivity index (χ4n) is 3.88. The second kappa shape index (κ2) is 8.60. The highest BCUT2D eigenvalue weighted by molar-refractivity contribution is 5.89. The SMILES string of the molecule is CC(=O)Nc1cccc(-c2ccc(C)c(COc3cccc4ccc(C)nc34)c2C)c1. The molecule has 4 rings (SSSR count). The number of hydrogen-bond donors (Lipinski definition) is 1. The molecule has 0 aliphatic heterocycles. The summed E-state index contributed by atoms with van der Waals surface area (Å²) in [4.78, 5) is 16.1. The maximum atomic E-state index is 11.4. The van der Waals surface area contributed by atoms with Crippen LogP contribution in [0.1, 0.15) is 29.3 Å². The van der Waals surface area contributed by atoms with Crippen LogP contribution in [0.3, 0.4) is 0 Å². The van der Waals surface area contributed by atoms with E-state index in [0.717, 1.165) is 44.7 Å². The molecule has 1 aromatic heterocycles. The fraction of sp³-hybridized carbons (Fsp3) is 0.185. The van der Waals surface area contributed by atoms with Crippen LogP contribution in [0.25, 0.3) is 22.0 Å². The lowest BCUT2D eigenvalue weighted by atomic mass is 9.93. The van der Waals surface area contributed by atoms with Gasteiger partial charge in [0.25, 0.3) is 0 Å². The minimum Gasteiger partial charge on any atom is -0.487 e. The van der Waals surface area contributed by atoms with Crippen molar-refractivity contribution in [3.63, 3.8) is 0 Å². The molecule has 0 atom stereocenters. The predicted molar refractivity (Wildman–Crippen MR) is 126 cm³/mol. The number of benzene rings is 3. The quantitative estimate of drug-likeness (QED) is 0.416. The molecule has 1 amide bonds. The number of pyridine rings is 1. The summed E-state index contributed by atoms with van der Waals surface area (Å²) >= 11 is 0. The van der Waals surface area contributed by atoms with Crippen molar-refractivity contribution in [1.29, 1.82) is 0 Å². The van der Waals surface area contributed by atoms with E-state index in [2.05, 4.69) is 48.4 Å². The standard InChI is InChI=1S/C27H26N2O2/c1-17-11-14-24(22-8-5-9-23(15-22)29-20(4)30)19(3)25(17)16-31-26-10-6-7-21-13-12-18(2)28-27(21)26/h5-15H,16H2,1-4H3,(H,29,30). The van der Waals surface area contributed by atoms with Crippen molar-refractivity contribution in [2.24, 2.45) is 0 Å². The molecule has 4 nitrogen and oxygen atoms in total. The number of carbonyl (C=O) groups is 1. The third-order valence-electron chi connectivity index (χ3n) is 5.52. The van der Waals surface area contributed by atoms with Gasteiger partial charge in [0.05, 0.1) is 0 Å². The third-order valence-corrected chi connectivity index (χ3v) is 5.52. The van der Waals surface area contributed by atoms with Crippen LogP contribution in [0.2, 0.25) is 0 Å². The lowest BCUT2D eigenvalue weighted by Crippen LogP contribution is -2.06. The number of para-hydroxylation sites is 1. The van der Waals surface area contributed by atoms with Crippen LogP contribution in [0.15, 0.2) is 66.7 Å². The molecule has 0 spiro atoms. The summed E-state index contributed by atoms with van der Waals surface area (Å²) in [6, 6.07) is 22.3. The van der Waals surface area contributed by atoms with Gasteiger partial charge in [-0.3, -0.25) is 4.79 Å². The van der Waals surface area contributed by atoms with Crippen molar-refractivity contribution in [3.05, 3.63) is 89.1 Å². The van der Waals surface area contributed by atoms with Crippen molar-refractivity contribution in [3.8, 4) is 16.9 Å². The number of nitrogens with zero attached hydrogens (tertiary/aromatic N) is 1. The topological polar surface area (TPSA) is 51.2 Å². The van der Waals surface area contributed by atoms with E-state index >= 15 is 0 Å². The van der Waals surface area contributed by atoms with Gasteiger partial charge in [0.15, 0.2) is 0 Å². The molecule has 0 radical (unpaired) electrons. The van der Waals surface area contributed by atoms with Crippen molar-refractivity contribution < 1.29 is 9.53 Å². The van der Waals surface area contributed by atoms with E-state index in [-0.39, 0.29) is 5.91 Å². The van der Waals surface area contributed by atoms with E-state index in [4.69, 9.17) is 4.74 Å². The molecule has 0 aliphatic rings. The number of fused-ring (bicyclic) bond motifs is 1. The molecular weight excluding hydrogens is 384 g/mol. The Kier molecular flexibility index (Phi) is 5.72. The number of nitrogens with one attached hydrogen (secondary N) is 1. The van der Waals surface area contributed by atoms with Gasteiger partial charge in [0.2, 0.25) is 5.91 Å². The Morgan fingerprint density at radius 1 is 0.968 bits per heavy atom. The van der Waals surface area contributed by atoms with Gasteiger partial charge in [0, 0.05) is 23.7 Å². The maximum absolute atomic E-state index is 11.4. The van der Waals surface area contributed by atoms with Gasteiger partial charge in [-0.1, -0.05) is 42.5 Å². The molecule has 0 saturated heterocycles. The summed E-state index contributed by atoms with van der Waals surface area (Å²) in [6.45, 7) is 8.20. The highest BCUT2D eigenvalue weighted by atomic mass is 16.5. The largest absolute Gasteiger partial charge is 0.487 e. The van der Waals surface area contributed by atoms with Gasteiger partial charge in [-0.2, -0.15) is 0 Å². The van der Waals surface area contributed by atoms with E-state index in [1.54, 1.807) is 0 Å². The second-order valence-electron chi connectivity index (χ2n) is 7.86. The monoisotopic (exact) mass is 410 g/mol. The van der Waals surface area contributed by atoms with Gasteiger partial charge in [-0.05, 0) is 72.9 Å². The Labute approximate surface area is 182 Å². The third kappa shape index (κ3) is 4.43. The minimum absolute atomic E-state index is 0.0780. The first kappa shape index (κ1) is 20.6. The number of ether oxygens (including phenoxy) is 1. The first-order valence-electron chi connectivity index (χ1n) is 10.4. The van der Waals surface area contributed by atoms with Crippen molar-refractivity contribution >= 4 is 22.5 Å².